The lowest BCUT2D eigenvalue weighted by Crippen LogP contribution is -2.36. The van der Waals surface area contributed by atoms with Crippen LogP contribution in [0.1, 0.15) is 34.1 Å². The topological polar surface area (TPSA) is 3.24 Å². The number of hydrogen-bond acceptors (Lipinski definition) is 1. The zero-order chi connectivity index (χ0) is 9.78. The van der Waals surface area contributed by atoms with Gasteiger partial charge in [-0.05, 0) is 33.3 Å². The molecule has 0 unspecified atom stereocenters. The van der Waals surface area contributed by atoms with Crippen molar-refractivity contribution in [2.75, 3.05) is 7.05 Å². The Morgan fingerprint density at radius 2 is 1.92 bits per heavy atom. The summed E-state index contributed by atoms with van der Waals surface area (Å²) in [7, 11) is 2.07. The number of hydrogen-bond donors (Lipinski definition) is 0. The number of nitrogens with zero attached hydrogens (tertiary/aromatic N) is 1. The van der Waals surface area contributed by atoms with Gasteiger partial charge in [-0.1, -0.05) is 19.6 Å². The quantitative estimate of drug-likeness (QED) is 0.583. The summed E-state index contributed by atoms with van der Waals surface area (Å²) in [6.07, 6.45) is 5.27. The molecule has 0 aromatic carbocycles. The molecule has 0 spiro atoms. The fourth-order valence-corrected chi connectivity index (χ4v) is 0.797. The van der Waals surface area contributed by atoms with Crippen LogP contribution in [-0.4, -0.2) is 17.5 Å². The van der Waals surface area contributed by atoms with E-state index in [2.05, 4.69) is 58.4 Å². The van der Waals surface area contributed by atoms with Gasteiger partial charge in [-0.3, -0.25) is 0 Å². The van der Waals surface area contributed by atoms with Crippen LogP contribution in [0, 0.1) is 0 Å². The van der Waals surface area contributed by atoms with Crippen molar-refractivity contribution in [3.05, 3.63) is 24.4 Å². The van der Waals surface area contributed by atoms with E-state index in [4.69, 9.17) is 0 Å². The predicted octanol–water partition coefficient (Wildman–Crippen LogP) is 3.20. The first-order chi connectivity index (χ1) is 5.39. The smallest absolute Gasteiger partial charge is 0.0314 e. The minimum atomic E-state index is 0.162. The molecule has 0 amide bonds. The van der Waals surface area contributed by atoms with Crippen molar-refractivity contribution >= 4 is 0 Å². The van der Waals surface area contributed by atoms with Crippen molar-refractivity contribution in [2.45, 2.75) is 39.7 Å². The summed E-state index contributed by atoms with van der Waals surface area (Å²) in [5.74, 6) is 0. The van der Waals surface area contributed by atoms with E-state index < -0.39 is 0 Å². The van der Waals surface area contributed by atoms with E-state index in [0.717, 1.165) is 12.1 Å². The molecule has 0 atom stereocenters. The van der Waals surface area contributed by atoms with E-state index in [9.17, 15) is 0 Å². The maximum atomic E-state index is 4.00. The lowest BCUT2D eigenvalue weighted by Gasteiger charge is -2.34. The molecule has 0 heterocycles. The van der Waals surface area contributed by atoms with Crippen molar-refractivity contribution in [1.82, 2.24) is 4.90 Å². The van der Waals surface area contributed by atoms with Crippen molar-refractivity contribution in [3.63, 3.8) is 0 Å². The Morgan fingerprint density at radius 3 is 2.25 bits per heavy atom. The predicted molar refractivity (Wildman–Crippen MR) is 56.1 cm³/mol. The standard InChI is InChI=1S/C11H21N/c1-7-8-9-10(2)12(6)11(3,4)5/h8-9H,2,7H2,1,3-6H3/b9-8+. The van der Waals surface area contributed by atoms with Gasteiger partial charge < -0.3 is 4.90 Å². The van der Waals surface area contributed by atoms with Crippen LogP contribution in [0.25, 0.3) is 0 Å². The molecule has 0 aromatic rings. The highest BCUT2D eigenvalue weighted by Gasteiger charge is 2.16. The Kier molecular flexibility index (Phi) is 4.08. The first kappa shape index (κ1) is 11.3. The van der Waals surface area contributed by atoms with Crippen LogP contribution < -0.4 is 0 Å². The number of rotatable bonds is 3. The third-order valence-electron chi connectivity index (χ3n) is 1.98. The van der Waals surface area contributed by atoms with Crippen LogP contribution in [0.15, 0.2) is 24.4 Å². The van der Waals surface area contributed by atoms with Gasteiger partial charge in [0, 0.05) is 18.3 Å². The van der Waals surface area contributed by atoms with Gasteiger partial charge in [-0.25, -0.2) is 0 Å². The monoisotopic (exact) mass is 167 g/mol. The molecule has 0 bridgehead atoms. The van der Waals surface area contributed by atoms with Crippen LogP contribution in [0.2, 0.25) is 0 Å². The van der Waals surface area contributed by atoms with Crippen LogP contribution in [-0.2, 0) is 0 Å². The molecule has 70 valence electrons. The average molecular weight is 167 g/mol. The Labute approximate surface area is 76.8 Å². The summed E-state index contributed by atoms with van der Waals surface area (Å²) in [4.78, 5) is 2.18. The lowest BCUT2D eigenvalue weighted by atomic mass is 10.1. The summed E-state index contributed by atoms with van der Waals surface area (Å²) in [5, 5.41) is 0. The van der Waals surface area contributed by atoms with E-state index in [1.54, 1.807) is 0 Å². The van der Waals surface area contributed by atoms with E-state index >= 15 is 0 Å². The molecule has 0 radical (unpaired) electrons. The van der Waals surface area contributed by atoms with E-state index in [1.807, 2.05) is 0 Å². The minimum absolute atomic E-state index is 0.162. The normalized spacial score (nSPS) is 12.1. The fourth-order valence-electron chi connectivity index (χ4n) is 0.797. The zero-order valence-corrected chi connectivity index (χ0v) is 9.02. The average Bonchev–Trinajstić information content (AvgIpc) is 1.97. The molecule has 0 rings (SSSR count). The maximum absolute atomic E-state index is 4.00. The summed E-state index contributed by atoms with van der Waals surface area (Å²) < 4.78 is 0. The summed E-state index contributed by atoms with van der Waals surface area (Å²) in [6.45, 7) is 12.7. The molecule has 0 aliphatic rings. The zero-order valence-electron chi connectivity index (χ0n) is 9.02. The Hall–Kier alpha value is -0.720. The van der Waals surface area contributed by atoms with Crippen molar-refractivity contribution in [2.24, 2.45) is 0 Å². The molecule has 0 aliphatic carbocycles. The largest absolute Gasteiger partial charge is 0.370 e. The number of likely N-dealkylation sites (N-methyl/N-ethyl adjacent to an activating group) is 1. The lowest BCUT2D eigenvalue weighted by molar-refractivity contribution is 0.235. The van der Waals surface area contributed by atoms with E-state index in [-0.39, 0.29) is 5.54 Å². The van der Waals surface area contributed by atoms with Crippen LogP contribution >= 0.6 is 0 Å². The van der Waals surface area contributed by atoms with Crippen molar-refractivity contribution < 1.29 is 0 Å². The second kappa shape index (κ2) is 4.34. The first-order valence-electron chi connectivity index (χ1n) is 4.49. The van der Waals surface area contributed by atoms with Gasteiger partial charge in [0.2, 0.25) is 0 Å². The molecule has 0 N–H and O–H groups in total. The van der Waals surface area contributed by atoms with Crippen LogP contribution in [0.4, 0.5) is 0 Å². The SMILES string of the molecule is C=C(/C=C/CC)N(C)C(C)(C)C. The third kappa shape index (κ3) is 3.61. The molecule has 0 saturated heterocycles. The van der Waals surface area contributed by atoms with E-state index in [1.165, 1.54) is 0 Å². The third-order valence-corrected chi connectivity index (χ3v) is 1.98. The summed E-state index contributed by atoms with van der Waals surface area (Å²) in [5.41, 5.74) is 1.24. The molecule has 1 nitrogen and oxygen atoms in total. The molecular weight excluding hydrogens is 146 g/mol. The van der Waals surface area contributed by atoms with Gasteiger partial charge in [0.1, 0.15) is 0 Å². The van der Waals surface area contributed by atoms with Gasteiger partial charge >= 0.3 is 0 Å². The molecule has 0 aliphatic heterocycles. The van der Waals surface area contributed by atoms with Gasteiger partial charge in [0.25, 0.3) is 0 Å². The van der Waals surface area contributed by atoms with Crippen LogP contribution in [0.3, 0.4) is 0 Å². The second-order valence-corrected chi connectivity index (χ2v) is 4.03. The molecule has 12 heavy (non-hydrogen) atoms. The van der Waals surface area contributed by atoms with Gasteiger partial charge in [-0.2, -0.15) is 0 Å². The highest BCUT2D eigenvalue weighted by Crippen LogP contribution is 2.16. The molecule has 1 heteroatoms. The maximum Gasteiger partial charge on any atom is 0.0314 e. The van der Waals surface area contributed by atoms with Crippen molar-refractivity contribution in [1.29, 1.82) is 0 Å². The molecular formula is C11H21N. The fraction of sp³-hybridized carbons (Fsp3) is 0.636. The Morgan fingerprint density at radius 1 is 1.42 bits per heavy atom. The summed E-state index contributed by atoms with van der Waals surface area (Å²) >= 11 is 0. The Bertz CT molecular complexity index is 172. The highest BCUT2D eigenvalue weighted by molar-refractivity contribution is 5.14. The molecule has 0 fully saturated rings. The van der Waals surface area contributed by atoms with Crippen LogP contribution in [0.5, 0.6) is 0 Å². The van der Waals surface area contributed by atoms with Gasteiger partial charge in [-0.15, -0.1) is 0 Å². The molecule has 0 aromatic heterocycles. The Balaban J connectivity index is 4.21. The second-order valence-electron chi connectivity index (χ2n) is 4.03. The van der Waals surface area contributed by atoms with Gasteiger partial charge in [0.05, 0.1) is 0 Å². The minimum Gasteiger partial charge on any atom is -0.370 e. The first-order valence-corrected chi connectivity index (χ1v) is 4.49. The van der Waals surface area contributed by atoms with Crippen molar-refractivity contribution in [3.8, 4) is 0 Å². The number of allylic oxidation sites excluding steroid dienone is 2. The summed E-state index contributed by atoms with van der Waals surface area (Å²) in [6, 6.07) is 0. The van der Waals surface area contributed by atoms with E-state index in [0.29, 0.717) is 0 Å². The van der Waals surface area contributed by atoms with Gasteiger partial charge in [0.15, 0.2) is 0 Å². The highest BCUT2D eigenvalue weighted by atomic mass is 15.2. The molecule has 0 saturated carbocycles.